The molecule has 3 nitrogen and oxygen atoms in total. The third-order valence-corrected chi connectivity index (χ3v) is 3.16. The molecule has 0 saturated carbocycles. The molecule has 1 aromatic rings. The van der Waals surface area contributed by atoms with Crippen molar-refractivity contribution < 1.29 is 4.79 Å². The molecule has 0 unspecified atom stereocenters. The summed E-state index contributed by atoms with van der Waals surface area (Å²) in [6.07, 6.45) is 0. The molecule has 0 atom stereocenters. The first-order valence-electron chi connectivity index (χ1n) is 5.24. The van der Waals surface area contributed by atoms with Crippen LogP contribution >= 0.6 is 31.9 Å². The summed E-state index contributed by atoms with van der Waals surface area (Å²) in [5.41, 5.74) is 1.59. The first kappa shape index (κ1) is 14.5. The topological polar surface area (TPSA) is 41.1 Å². The fourth-order valence-corrected chi connectivity index (χ4v) is 2.92. The van der Waals surface area contributed by atoms with Gasteiger partial charge in [-0.2, -0.15) is 0 Å². The average Bonchev–Trinajstić information content (AvgIpc) is 2.08. The first-order chi connectivity index (χ1) is 7.69. The first-order valence-corrected chi connectivity index (χ1v) is 6.82. The standard InChI is InChI=1S/C12H16Br2N2O/c1-7-5-8(13)10(9(14)6-7)15-11(17)16-12(2,3)4/h5-6H,1-4H3,(H2,15,16,17). The van der Waals surface area contributed by atoms with Gasteiger partial charge in [-0.15, -0.1) is 0 Å². The smallest absolute Gasteiger partial charge is 0.319 e. The molecule has 94 valence electrons. The largest absolute Gasteiger partial charge is 0.333 e. The number of rotatable bonds is 1. The molecule has 1 aromatic carbocycles. The zero-order chi connectivity index (χ0) is 13.2. The average molecular weight is 364 g/mol. The number of hydrogen-bond donors (Lipinski definition) is 2. The second-order valence-electron chi connectivity index (χ2n) is 4.93. The van der Waals surface area contributed by atoms with Crippen LogP contribution in [0.2, 0.25) is 0 Å². The fourth-order valence-electron chi connectivity index (χ4n) is 1.30. The van der Waals surface area contributed by atoms with E-state index >= 15 is 0 Å². The summed E-state index contributed by atoms with van der Waals surface area (Å²) in [5.74, 6) is 0. The molecule has 17 heavy (non-hydrogen) atoms. The number of hydrogen-bond acceptors (Lipinski definition) is 1. The zero-order valence-corrected chi connectivity index (χ0v) is 13.5. The molecule has 5 heteroatoms. The Morgan fingerprint density at radius 2 is 1.65 bits per heavy atom. The Morgan fingerprint density at radius 3 is 2.06 bits per heavy atom. The number of aryl methyl sites for hydroxylation is 1. The second-order valence-corrected chi connectivity index (χ2v) is 6.64. The monoisotopic (exact) mass is 362 g/mol. The van der Waals surface area contributed by atoms with Gasteiger partial charge in [0.1, 0.15) is 0 Å². The molecule has 0 spiro atoms. The molecular weight excluding hydrogens is 348 g/mol. The van der Waals surface area contributed by atoms with E-state index in [1.54, 1.807) is 0 Å². The van der Waals surface area contributed by atoms with Crippen LogP contribution in [-0.4, -0.2) is 11.6 Å². The van der Waals surface area contributed by atoms with Crippen LogP contribution in [0.3, 0.4) is 0 Å². The van der Waals surface area contributed by atoms with Gasteiger partial charge < -0.3 is 10.6 Å². The Kier molecular flexibility index (Phi) is 4.61. The van der Waals surface area contributed by atoms with Crippen molar-refractivity contribution in [3.63, 3.8) is 0 Å². The van der Waals surface area contributed by atoms with Crippen LogP contribution in [-0.2, 0) is 0 Å². The lowest BCUT2D eigenvalue weighted by Gasteiger charge is -2.21. The predicted octanol–water partition coefficient (Wildman–Crippen LogP) is 4.44. The minimum atomic E-state index is -0.256. The van der Waals surface area contributed by atoms with Gasteiger partial charge in [-0.05, 0) is 77.3 Å². The van der Waals surface area contributed by atoms with Gasteiger partial charge in [0.25, 0.3) is 0 Å². The van der Waals surface area contributed by atoms with Crippen molar-refractivity contribution in [2.75, 3.05) is 5.32 Å². The summed E-state index contributed by atoms with van der Waals surface area (Å²) in [6.45, 7) is 7.80. The van der Waals surface area contributed by atoms with Crippen molar-refractivity contribution >= 4 is 43.6 Å². The van der Waals surface area contributed by atoms with Crippen LogP contribution in [0.1, 0.15) is 26.3 Å². The number of benzene rings is 1. The van der Waals surface area contributed by atoms with Crippen molar-refractivity contribution in [3.8, 4) is 0 Å². The van der Waals surface area contributed by atoms with Crippen LogP contribution in [0.15, 0.2) is 21.1 Å². The van der Waals surface area contributed by atoms with Crippen LogP contribution in [0.25, 0.3) is 0 Å². The van der Waals surface area contributed by atoms with Gasteiger partial charge in [0.2, 0.25) is 0 Å². The number of amides is 2. The maximum Gasteiger partial charge on any atom is 0.319 e. The Hall–Kier alpha value is -0.550. The highest BCUT2D eigenvalue weighted by atomic mass is 79.9. The molecule has 0 aliphatic rings. The highest BCUT2D eigenvalue weighted by Gasteiger charge is 2.15. The molecule has 2 amide bonds. The molecule has 0 radical (unpaired) electrons. The van der Waals surface area contributed by atoms with E-state index in [2.05, 4.69) is 42.5 Å². The molecule has 0 bridgehead atoms. The second kappa shape index (κ2) is 5.40. The van der Waals surface area contributed by atoms with E-state index in [1.807, 2.05) is 39.8 Å². The Labute approximate surface area is 119 Å². The lowest BCUT2D eigenvalue weighted by atomic mass is 10.1. The maximum atomic E-state index is 11.8. The van der Waals surface area contributed by atoms with Crippen molar-refractivity contribution in [3.05, 3.63) is 26.6 Å². The molecule has 0 aliphatic carbocycles. The van der Waals surface area contributed by atoms with Crippen LogP contribution in [0.5, 0.6) is 0 Å². The summed E-state index contributed by atoms with van der Waals surface area (Å²) in [6, 6.07) is 3.69. The van der Waals surface area contributed by atoms with E-state index in [0.717, 1.165) is 20.2 Å². The van der Waals surface area contributed by atoms with Crippen LogP contribution in [0.4, 0.5) is 10.5 Å². The molecule has 2 N–H and O–H groups in total. The van der Waals surface area contributed by atoms with E-state index in [-0.39, 0.29) is 11.6 Å². The molecule has 0 aromatic heterocycles. The number of anilines is 1. The highest BCUT2D eigenvalue weighted by Crippen LogP contribution is 2.32. The van der Waals surface area contributed by atoms with E-state index in [1.165, 1.54) is 0 Å². The molecule has 0 saturated heterocycles. The summed E-state index contributed by atoms with van der Waals surface area (Å²) < 4.78 is 1.71. The Balaban J connectivity index is 2.86. The van der Waals surface area contributed by atoms with Crippen molar-refractivity contribution in [1.82, 2.24) is 5.32 Å². The lowest BCUT2D eigenvalue weighted by Crippen LogP contribution is -2.43. The van der Waals surface area contributed by atoms with Crippen molar-refractivity contribution in [2.24, 2.45) is 0 Å². The van der Waals surface area contributed by atoms with E-state index in [0.29, 0.717) is 0 Å². The lowest BCUT2D eigenvalue weighted by molar-refractivity contribution is 0.244. The van der Waals surface area contributed by atoms with E-state index in [4.69, 9.17) is 0 Å². The van der Waals surface area contributed by atoms with E-state index in [9.17, 15) is 4.79 Å². The molecule has 0 fully saturated rings. The third-order valence-electron chi connectivity index (χ3n) is 1.91. The Bertz CT molecular complexity index is 416. The van der Waals surface area contributed by atoms with Crippen LogP contribution in [0, 0.1) is 6.92 Å². The summed E-state index contributed by atoms with van der Waals surface area (Å²) in [4.78, 5) is 11.8. The van der Waals surface area contributed by atoms with Gasteiger partial charge in [0.15, 0.2) is 0 Å². The van der Waals surface area contributed by atoms with Gasteiger partial charge >= 0.3 is 6.03 Å². The Morgan fingerprint density at radius 1 is 1.18 bits per heavy atom. The summed E-state index contributed by atoms with van der Waals surface area (Å²) in [5, 5.41) is 5.66. The molecule has 0 heterocycles. The number of carbonyl (C=O) groups excluding carboxylic acids is 1. The number of halogens is 2. The minimum Gasteiger partial charge on any atom is -0.333 e. The highest BCUT2D eigenvalue weighted by molar-refractivity contribution is 9.11. The fraction of sp³-hybridized carbons (Fsp3) is 0.417. The third kappa shape index (κ3) is 4.68. The van der Waals surface area contributed by atoms with Crippen LogP contribution < -0.4 is 10.6 Å². The van der Waals surface area contributed by atoms with Gasteiger partial charge in [-0.3, -0.25) is 0 Å². The zero-order valence-electron chi connectivity index (χ0n) is 10.3. The number of nitrogens with one attached hydrogen (secondary N) is 2. The van der Waals surface area contributed by atoms with Gasteiger partial charge in [-0.1, -0.05) is 0 Å². The van der Waals surface area contributed by atoms with Gasteiger partial charge in [0, 0.05) is 14.5 Å². The summed E-state index contributed by atoms with van der Waals surface area (Å²) in [7, 11) is 0. The molecule has 0 aliphatic heterocycles. The maximum absolute atomic E-state index is 11.8. The van der Waals surface area contributed by atoms with Gasteiger partial charge in [-0.25, -0.2) is 4.79 Å². The number of carbonyl (C=O) groups is 1. The predicted molar refractivity (Wildman–Crippen MR) is 78.5 cm³/mol. The quantitative estimate of drug-likeness (QED) is 0.760. The van der Waals surface area contributed by atoms with Gasteiger partial charge in [0.05, 0.1) is 5.69 Å². The van der Waals surface area contributed by atoms with Crippen molar-refractivity contribution in [1.29, 1.82) is 0 Å². The molecule has 1 rings (SSSR count). The molecular formula is C12H16Br2N2O. The normalized spacial score (nSPS) is 11.2. The number of urea groups is 1. The van der Waals surface area contributed by atoms with E-state index < -0.39 is 0 Å². The minimum absolute atomic E-state index is 0.220. The summed E-state index contributed by atoms with van der Waals surface area (Å²) >= 11 is 6.87. The SMILES string of the molecule is Cc1cc(Br)c(NC(=O)NC(C)(C)C)c(Br)c1. The van der Waals surface area contributed by atoms with Crippen molar-refractivity contribution in [2.45, 2.75) is 33.2 Å².